The van der Waals surface area contributed by atoms with Crippen LogP contribution in [0.4, 0.5) is 5.00 Å². The Labute approximate surface area is 227 Å². The number of hydrogen-bond acceptors (Lipinski definition) is 5. The first-order valence-electron chi connectivity index (χ1n) is 13.0. The van der Waals surface area contributed by atoms with Crippen LogP contribution in [0.25, 0.3) is 0 Å². The molecule has 0 atom stereocenters. The van der Waals surface area contributed by atoms with Gasteiger partial charge in [0, 0.05) is 27.7 Å². The third-order valence-corrected chi connectivity index (χ3v) is 8.53. The molecule has 2 aliphatic rings. The number of carbonyl (C=O) groups is 1. The predicted molar refractivity (Wildman–Crippen MR) is 149 cm³/mol. The summed E-state index contributed by atoms with van der Waals surface area (Å²) < 4.78 is 6.09. The van der Waals surface area contributed by atoms with E-state index in [1.807, 2.05) is 24.3 Å². The molecule has 1 N–H and O–H groups in total. The maximum atomic E-state index is 13.5. The van der Waals surface area contributed by atoms with Crippen molar-refractivity contribution in [3.05, 3.63) is 80.2 Å². The Kier molecular flexibility index (Phi) is 8.23. The number of aryl methyl sites for hydroxylation is 1. The quantitative estimate of drug-likeness (QED) is 0.320. The topological polar surface area (TPSA) is 74.5 Å². The maximum absolute atomic E-state index is 13.5. The first-order valence-corrected chi connectivity index (χ1v) is 14.2. The van der Waals surface area contributed by atoms with Crippen molar-refractivity contribution in [2.24, 2.45) is 4.99 Å². The van der Waals surface area contributed by atoms with Crippen LogP contribution in [0.2, 0.25) is 5.02 Å². The highest BCUT2D eigenvalue weighted by Gasteiger charge is 2.27. The lowest BCUT2D eigenvalue weighted by Crippen LogP contribution is -2.36. The molecule has 1 saturated carbocycles. The van der Waals surface area contributed by atoms with Crippen molar-refractivity contribution in [2.45, 2.75) is 70.4 Å². The summed E-state index contributed by atoms with van der Waals surface area (Å²) in [4.78, 5) is 19.6. The fourth-order valence-corrected chi connectivity index (χ4v) is 6.51. The second-order valence-electron chi connectivity index (χ2n) is 9.74. The van der Waals surface area contributed by atoms with Gasteiger partial charge in [-0.3, -0.25) is 4.79 Å². The number of nitriles is 1. The summed E-state index contributed by atoms with van der Waals surface area (Å²) in [6.07, 6.45) is 11.7. The number of aliphatic imine (C=N–C) groups is 1. The maximum Gasteiger partial charge on any atom is 0.254 e. The minimum absolute atomic E-state index is 0.0156. The third kappa shape index (κ3) is 6.23. The minimum Gasteiger partial charge on any atom is -0.488 e. The minimum atomic E-state index is 0.0156. The summed E-state index contributed by atoms with van der Waals surface area (Å²) in [5.41, 5.74) is 4.27. The number of fused-ring (bicyclic) bond motifs is 1. The van der Waals surface area contributed by atoms with E-state index in [9.17, 15) is 4.79 Å². The number of benzene rings is 2. The summed E-state index contributed by atoms with van der Waals surface area (Å²) in [5.74, 6) is 0.675. The SMILES string of the molecule is N#Cc1ccc(COc2ccc(Cl)cc2/C=N/c2sc3c(c2C(=O)NC2CCCCC2)CCCC3)cc1. The van der Waals surface area contributed by atoms with Gasteiger partial charge in [0.25, 0.3) is 5.91 Å². The molecule has 0 aliphatic heterocycles. The molecule has 0 unspecified atom stereocenters. The molecule has 7 heteroatoms. The largest absolute Gasteiger partial charge is 0.488 e. The van der Waals surface area contributed by atoms with Crippen LogP contribution in [0.1, 0.15) is 82.4 Å². The highest BCUT2D eigenvalue weighted by Crippen LogP contribution is 2.40. The lowest BCUT2D eigenvalue weighted by Gasteiger charge is -2.23. The van der Waals surface area contributed by atoms with Gasteiger partial charge in [0.15, 0.2) is 0 Å². The molecule has 1 fully saturated rings. The zero-order valence-corrected chi connectivity index (χ0v) is 22.3. The zero-order chi connectivity index (χ0) is 25.6. The van der Waals surface area contributed by atoms with E-state index < -0.39 is 0 Å². The van der Waals surface area contributed by atoms with E-state index in [1.54, 1.807) is 35.8 Å². The van der Waals surface area contributed by atoms with Crippen LogP contribution in [-0.2, 0) is 19.4 Å². The van der Waals surface area contributed by atoms with Crippen molar-refractivity contribution < 1.29 is 9.53 Å². The zero-order valence-electron chi connectivity index (χ0n) is 20.8. The third-order valence-electron chi connectivity index (χ3n) is 7.09. The summed E-state index contributed by atoms with van der Waals surface area (Å²) >= 11 is 7.95. The van der Waals surface area contributed by atoms with Crippen LogP contribution in [0.3, 0.4) is 0 Å². The summed E-state index contributed by atoms with van der Waals surface area (Å²) in [5, 5.41) is 13.7. The number of thiophene rings is 1. The number of halogens is 1. The van der Waals surface area contributed by atoms with Gasteiger partial charge in [-0.1, -0.05) is 43.0 Å². The Morgan fingerprint density at radius 1 is 1.11 bits per heavy atom. The van der Waals surface area contributed by atoms with Crippen LogP contribution in [0, 0.1) is 11.3 Å². The molecule has 5 rings (SSSR count). The Morgan fingerprint density at radius 2 is 1.89 bits per heavy atom. The van der Waals surface area contributed by atoms with Crippen LogP contribution in [0.15, 0.2) is 47.5 Å². The summed E-state index contributed by atoms with van der Waals surface area (Å²) in [7, 11) is 0. The fourth-order valence-electron chi connectivity index (χ4n) is 5.10. The molecule has 5 nitrogen and oxygen atoms in total. The molecule has 0 radical (unpaired) electrons. The van der Waals surface area contributed by atoms with E-state index >= 15 is 0 Å². The molecule has 0 spiro atoms. The molecule has 2 aliphatic carbocycles. The fraction of sp³-hybridized carbons (Fsp3) is 0.367. The van der Waals surface area contributed by atoms with E-state index in [1.165, 1.54) is 29.7 Å². The summed E-state index contributed by atoms with van der Waals surface area (Å²) in [6, 6.07) is 15.2. The Hall–Kier alpha value is -3.14. The second-order valence-corrected chi connectivity index (χ2v) is 11.3. The van der Waals surface area contributed by atoms with Gasteiger partial charge in [0.05, 0.1) is 17.2 Å². The number of nitrogens with zero attached hydrogens (tertiary/aromatic N) is 2. The predicted octanol–water partition coefficient (Wildman–Crippen LogP) is 7.54. The molecule has 2 aromatic carbocycles. The van der Waals surface area contributed by atoms with E-state index in [0.29, 0.717) is 22.9 Å². The smallest absolute Gasteiger partial charge is 0.254 e. The van der Waals surface area contributed by atoms with Crippen molar-refractivity contribution in [3.63, 3.8) is 0 Å². The van der Waals surface area contributed by atoms with Gasteiger partial charge in [-0.15, -0.1) is 11.3 Å². The van der Waals surface area contributed by atoms with Crippen LogP contribution in [0.5, 0.6) is 5.75 Å². The molecular formula is C30H30ClN3O2S. The normalized spacial score (nSPS) is 15.8. The van der Waals surface area contributed by atoms with Crippen molar-refractivity contribution in [1.29, 1.82) is 5.26 Å². The number of carbonyl (C=O) groups excluding carboxylic acids is 1. The number of rotatable bonds is 7. The van der Waals surface area contributed by atoms with E-state index in [-0.39, 0.29) is 11.9 Å². The number of ether oxygens (including phenoxy) is 1. The molecule has 190 valence electrons. The van der Waals surface area contributed by atoms with Crippen LogP contribution >= 0.6 is 22.9 Å². The van der Waals surface area contributed by atoms with Gasteiger partial charge in [0.2, 0.25) is 0 Å². The number of nitrogens with one attached hydrogen (secondary N) is 1. The Balaban J connectivity index is 1.39. The molecule has 0 saturated heterocycles. The van der Waals surface area contributed by atoms with E-state index in [0.717, 1.165) is 60.2 Å². The Morgan fingerprint density at radius 3 is 2.68 bits per heavy atom. The van der Waals surface area contributed by atoms with Gasteiger partial charge in [-0.25, -0.2) is 4.99 Å². The van der Waals surface area contributed by atoms with Crippen molar-refractivity contribution in [2.75, 3.05) is 0 Å². The van der Waals surface area contributed by atoms with E-state index in [2.05, 4.69) is 11.4 Å². The van der Waals surface area contributed by atoms with Crippen LogP contribution in [-0.4, -0.2) is 18.2 Å². The lowest BCUT2D eigenvalue weighted by atomic mass is 9.93. The van der Waals surface area contributed by atoms with Gasteiger partial charge in [-0.05, 0) is 80.0 Å². The second kappa shape index (κ2) is 11.9. The molecular weight excluding hydrogens is 502 g/mol. The number of hydrogen-bond donors (Lipinski definition) is 1. The first-order chi connectivity index (χ1) is 18.1. The van der Waals surface area contributed by atoms with Crippen molar-refractivity contribution >= 4 is 40.1 Å². The van der Waals surface area contributed by atoms with Crippen molar-refractivity contribution in [1.82, 2.24) is 5.32 Å². The molecule has 1 aromatic heterocycles. The molecule has 1 amide bonds. The lowest BCUT2D eigenvalue weighted by molar-refractivity contribution is 0.0927. The van der Waals surface area contributed by atoms with Crippen molar-refractivity contribution in [3.8, 4) is 11.8 Å². The molecule has 37 heavy (non-hydrogen) atoms. The highest BCUT2D eigenvalue weighted by molar-refractivity contribution is 7.16. The van der Waals surface area contributed by atoms with Crippen LogP contribution < -0.4 is 10.1 Å². The van der Waals surface area contributed by atoms with Gasteiger partial charge in [0.1, 0.15) is 17.4 Å². The Bertz CT molecular complexity index is 1330. The molecule has 1 heterocycles. The molecule has 3 aromatic rings. The van der Waals surface area contributed by atoms with Gasteiger partial charge >= 0.3 is 0 Å². The highest BCUT2D eigenvalue weighted by atomic mass is 35.5. The number of amides is 1. The average molecular weight is 532 g/mol. The standard InChI is InChI=1S/C30H30ClN3O2S/c31-23-14-15-26(36-19-21-12-10-20(17-32)11-13-21)22(16-23)18-33-30-28(25-8-4-5-9-27(25)37-30)29(35)34-24-6-2-1-3-7-24/h10-16,18,24H,1-9,19H2,(H,34,35)/b33-18+. The average Bonchev–Trinajstić information content (AvgIpc) is 3.31. The molecule has 0 bridgehead atoms. The van der Waals surface area contributed by atoms with E-state index in [4.69, 9.17) is 26.6 Å². The monoisotopic (exact) mass is 531 g/mol. The first kappa shape index (κ1) is 25.5. The summed E-state index contributed by atoms with van der Waals surface area (Å²) in [6.45, 7) is 0.358. The van der Waals surface area contributed by atoms with Gasteiger partial charge < -0.3 is 10.1 Å². The van der Waals surface area contributed by atoms with Gasteiger partial charge in [-0.2, -0.15) is 5.26 Å².